The summed E-state index contributed by atoms with van der Waals surface area (Å²) in [6.07, 6.45) is 8.82. The Morgan fingerprint density at radius 1 is 1.43 bits per heavy atom. The van der Waals surface area contributed by atoms with Gasteiger partial charge in [-0.1, -0.05) is 13.3 Å². The third-order valence-corrected chi connectivity index (χ3v) is 1.59. The zero-order chi connectivity index (χ0) is 10.1. The van der Waals surface area contributed by atoms with Gasteiger partial charge < -0.3 is 17.0 Å². The standard InChI is InChI=1S/C8H15N2.3BrH.Cu/c1-3-4-5-10-7-6-9(2)8-10;;;;/h6-8H,3-5H2,1-2H3;3*1H;/q+1;;;;+2/p-3. The van der Waals surface area contributed by atoms with E-state index in [-0.39, 0.29) is 17.0 Å². The van der Waals surface area contributed by atoms with E-state index in [1.54, 1.807) is 0 Å². The molecule has 1 rings (SSSR count). The molecular weight excluding hydrogens is 427 g/mol. The van der Waals surface area contributed by atoms with Gasteiger partial charge in [0.25, 0.3) is 0 Å². The van der Waals surface area contributed by atoms with Crippen LogP contribution in [0, 0.1) is 0 Å². The maximum atomic E-state index is 2.97. The second kappa shape index (κ2) is 12.2. The molecule has 0 amide bonds. The molecule has 0 N–H and O–H groups in total. The number of rotatable bonds is 3. The first-order chi connectivity index (χ1) is 6.24. The third kappa shape index (κ3) is 9.71. The molecule has 0 bridgehead atoms. The fraction of sp³-hybridized carbons (Fsp3) is 0.625. The van der Waals surface area contributed by atoms with Gasteiger partial charge in [-0.05, 0) is 6.42 Å². The Balaban J connectivity index is 0. The number of aryl methyl sites for hydroxylation is 2. The fourth-order valence-electron chi connectivity index (χ4n) is 0.975. The first kappa shape index (κ1) is 17.6. The van der Waals surface area contributed by atoms with Crippen molar-refractivity contribution >= 4 is 28.2 Å². The third-order valence-electron chi connectivity index (χ3n) is 1.59. The number of hydrogen-bond acceptors (Lipinski definition) is 0. The number of hydrogen-bond donors (Lipinski definition) is 0. The van der Waals surface area contributed by atoms with E-state index in [2.05, 4.69) is 63.0 Å². The molecule has 1 aromatic heterocycles. The minimum atomic E-state index is 0. The fourth-order valence-corrected chi connectivity index (χ4v) is 0.975. The molecule has 1 heterocycles. The number of aromatic nitrogens is 2. The van der Waals surface area contributed by atoms with Gasteiger partial charge in [0.1, 0.15) is 12.4 Å². The van der Waals surface area contributed by atoms with Crippen LogP contribution < -0.4 is 21.5 Å². The normalized spacial score (nSPS) is 8.86. The summed E-state index contributed by atoms with van der Waals surface area (Å²) in [6.45, 7) is 3.36. The number of halogens is 3. The van der Waals surface area contributed by atoms with Crippen molar-refractivity contribution in [1.82, 2.24) is 4.57 Å². The van der Waals surface area contributed by atoms with E-state index in [4.69, 9.17) is 0 Å². The minimum absolute atomic E-state index is 0. The predicted molar refractivity (Wildman–Crippen MR) is 58.4 cm³/mol. The number of imidazole rings is 1. The average Bonchev–Trinajstić information content (AvgIpc) is 2.49. The predicted octanol–water partition coefficient (Wildman–Crippen LogP) is -0.195. The van der Waals surface area contributed by atoms with E-state index in [0.717, 1.165) is 6.54 Å². The van der Waals surface area contributed by atoms with Crippen LogP contribution in [0.25, 0.3) is 0 Å². The van der Waals surface area contributed by atoms with Crippen molar-refractivity contribution in [3.05, 3.63) is 18.7 Å². The summed E-state index contributed by atoms with van der Waals surface area (Å²) in [5.41, 5.74) is 0. The summed E-state index contributed by atoms with van der Waals surface area (Å²) in [4.78, 5) is 0. The Bertz CT molecular complexity index is 218. The Hall–Kier alpha value is 1.17. The number of unbranched alkanes of at least 4 members (excludes halogenated alkanes) is 1. The molecule has 0 spiro atoms. The molecule has 1 aromatic rings. The molecule has 0 aliphatic carbocycles. The van der Waals surface area contributed by atoms with Crippen LogP contribution in [0.5, 0.6) is 0 Å². The molecule has 0 aliphatic heterocycles. The van der Waals surface area contributed by atoms with Crippen LogP contribution >= 0.6 is 28.2 Å². The van der Waals surface area contributed by atoms with Crippen molar-refractivity contribution in [2.45, 2.75) is 26.3 Å². The van der Waals surface area contributed by atoms with E-state index in [9.17, 15) is 0 Å². The van der Waals surface area contributed by atoms with Gasteiger partial charge in [-0.3, -0.25) is 0 Å². The summed E-state index contributed by atoms with van der Waals surface area (Å²) in [7, 11) is 2.04. The van der Waals surface area contributed by atoms with Gasteiger partial charge in [0.15, 0.2) is 0 Å². The molecule has 2 nitrogen and oxygen atoms in total. The molecule has 0 aliphatic rings. The van der Waals surface area contributed by atoms with Gasteiger partial charge >= 0.3 is 39.6 Å². The second-order valence-electron chi connectivity index (χ2n) is 2.71. The molecule has 0 unspecified atom stereocenters. The van der Waals surface area contributed by atoms with Crippen LogP contribution in [-0.2, 0) is 24.9 Å². The maximum absolute atomic E-state index is 2.97. The van der Waals surface area contributed by atoms with Gasteiger partial charge in [-0.25, -0.2) is 9.13 Å². The van der Waals surface area contributed by atoms with Crippen LogP contribution in [0.3, 0.4) is 0 Å². The quantitative estimate of drug-likeness (QED) is 0.453. The van der Waals surface area contributed by atoms with E-state index in [1.165, 1.54) is 24.2 Å². The second-order valence-corrected chi connectivity index (χ2v) is 7.47. The van der Waals surface area contributed by atoms with E-state index < -0.39 is 0 Å². The van der Waals surface area contributed by atoms with Gasteiger partial charge in [-0.2, -0.15) is 0 Å². The van der Waals surface area contributed by atoms with E-state index in [0.29, 0.717) is 0 Å². The van der Waals surface area contributed by atoms with Gasteiger partial charge in [0.05, 0.1) is 13.6 Å². The number of nitrogens with zero attached hydrogens (tertiary/aromatic N) is 2. The SMILES string of the molecule is CCCCn1cc[n+](C)c1.[Br-].[Br][Cu][Br]. The van der Waals surface area contributed by atoms with Crippen molar-refractivity contribution in [1.29, 1.82) is 0 Å². The zero-order valence-corrected chi connectivity index (χ0v) is 13.9. The molecule has 0 radical (unpaired) electrons. The van der Waals surface area contributed by atoms with Crippen molar-refractivity contribution < 1.29 is 32.9 Å². The van der Waals surface area contributed by atoms with Gasteiger partial charge in [0.2, 0.25) is 6.33 Å². The van der Waals surface area contributed by atoms with Crippen molar-refractivity contribution in [3.8, 4) is 0 Å². The Labute approximate surface area is 117 Å². The summed E-state index contributed by atoms with van der Waals surface area (Å²) in [5, 5.41) is 0. The van der Waals surface area contributed by atoms with Gasteiger partial charge in [0, 0.05) is 0 Å². The van der Waals surface area contributed by atoms with E-state index in [1.807, 2.05) is 7.05 Å². The molecular formula is C8H15Br3CuN2. The zero-order valence-electron chi connectivity index (χ0n) is 8.18. The molecule has 0 saturated carbocycles. The van der Waals surface area contributed by atoms with Crippen molar-refractivity contribution in [2.75, 3.05) is 0 Å². The molecule has 0 aromatic carbocycles. The van der Waals surface area contributed by atoms with Gasteiger partial charge in [-0.15, -0.1) is 0 Å². The summed E-state index contributed by atoms with van der Waals surface area (Å²) in [6, 6.07) is 0. The van der Waals surface area contributed by atoms with Crippen LogP contribution in [0.2, 0.25) is 0 Å². The monoisotopic (exact) mass is 439 g/mol. The molecule has 0 fully saturated rings. The Morgan fingerprint density at radius 2 is 2.00 bits per heavy atom. The van der Waals surface area contributed by atoms with E-state index >= 15 is 0 Å². The van der Waals surface area contributed by atoms with Crippen LogP contribution in [0.1, 0.15) is 19.8 Å². The topological polar surface area (TPSA) is 8.81 Å². The first-order valence-electron chi connectivity index (χ1n) is 4.06. The van der Waals surface area contributed by atoms with Crippen LogP contribution in [0.15, 0.2) is 18.7 Å². The van der Waals surface area contributed by atoms with Crippen molar-refractivity contribution in [3.63, 3.8) is 0 Å². The molecule has 0 atom stereocenters. The average molecular weight is 442 g/mol. The summed E-state index contributed by atoms with van der Waals surface area (Å²) in [5.74, 6) is 0. The summed E-state index contributed by atoms with van der Waals surface area (Å²) < 4.78 is 4.28. The van der Waals surface area contributed by atoms with Crippen LogP contribution in [-0.4, -0.2) is 4.57 Å². The first-order valence-corrected chi connectivity index (χ1v) is 8.72. The Kier molecular flexibility index (Phi) is 15.4. The summed E-state index contributed by atoms with van der Waals surface area (Å²) >= 11 is 7.38. The molecule has 6 heteroatoms. The Morgan fingerprint density at radius 3 is 2.36 bits per heavy atom. The van der Waals surface area contributed by atoms with Crippen molar-refractivity contribution in [2.24, 2.45) is 7.05 Å². The molecule has 0 saturated heterocycles. The molecule has 14 heavy (non-hydrogen) atoms. The molecule has 89 valence electrons. The van der Waals surface area contributed by atoms with Crippen LogP contribution in [0.4, 0.5) is 0 Å².